The highest BCUT2D eigenvalue weighted by atomic mass is 35.5. The fourth-order valence-corrected chi connectivity index (χ4v) is 2.71. The molecule has 90 valence electrons. The molecule has 3 rings (SSSR count). The standard InChI is InChI=1S/C14H16ClNO/c1-9-4-5-16-12(6-9)14-8-10-7-11(15)2-3-13(10)17-14/h2-3,7-9,12,16H,4-6H2,1H3. The molecule has 2 atom stereocenters. The molecule has 17 heavy (non-hydrogen) atoms. The molecule has 0 bridgehead atoms. The first-order valence-electron chi connectivity index (χ1n) is 6.15. The Hall–Kier alpha value is -0.990. The minimum Gasteiger partial charge on any atom is -0.459 e. The molecule has 0 amide bonds. The molecular weight excluding hydrogens is 234 g/mol. The smallest absolute Gasteiger partial charge is 0.134 e. The van der Waals surface area contributed by atoms with E-state index in [4.69, 9.17) is 16.0 Å². The molecule has 1 N–H and O–H groups in total. The van der Waals surface area contributed by atoms with Crippen LogP contribution in [-0.4, -0.2) is 6.54 Å². The number of halogens is 1. The summed E-state index contributed by atoms with van der Waals surface area (Å²) < 4.78 is 5.89. The second kappa shape index (κ2) is 4.35. The maximum atomic E-state index is 5.98. The van der Waals surface area contributed by atoms with Crippen molar-refractivity contribution in [2.75, 3.05) is 6.54 Å². The summed E-state index contributed by atoms with van der Waals surface area (Å²) in [6, 6.07) is 8.22. The molecule has 2 heterocycles. The molecule has 1 aromatic carbocycles. The molecule has 2 aromatic rings. The second-order valence-corrected chi connectivity index (χ2v) is 5.40. The van der Waals surface area contributed by atoms with Gasteiger partial charge in [-0.1, -0.05) is 18.5 Å². The van der Waals surface area contributed by atoms with Gasteiger partial charge in [-0.2, -0.15) is 0 Å². The van der Waals surface area contributed by atoms with Crippen LogP contribution in [0.4, 0.5) is 0 Å². The first-order valence-corrected chi connectivity index (χ1v) is 6.52. The minimum atomic E-state index is 0.352. The lowest BCUT2D eigenvalue weighted by Crippen LogP contribution is -2.30. The number of hydrogen-bond acceptors (Lipinski definition) is 2. The van der Waals surface area contributed by atoms with Crippen LogP contribution >= 0.6 is 11.6 Å². The van der Waals surface area contributed by atoms with E-state index in [2.05, 4.69) is 18.3 Å². The summed E-state index contributed by atoms with van der Waals surface area (Å²) in [7, 11) is 0. The number of furan rings is 1. The zero-order chi connectivity index (χ0) is 11.8. The summed E-state index contributed by atoms with van der Waals surface area (Å²) in [5.74, 6) is 1.80. The Morgan fingerprint density at radius 2 is 2.24 bits per heavy atom. The fourth-order valence-electron chi connectivity index (χ4n) is 2.53. The average Bonchev–Trinajstić information content (AvgIpc) is 2.72. The van der Waals surface area contributed by atoms with E-state index in [0.29, 0.717) is 6.04 Å². The maximum absolute atomic E-state index is 5.98. The number of benzene rings is 1. The summed E-state index contributed by atoms with van der Waals surface area (Å²) in [6.45, 7) is 3.37. The lowest BCUT2D eigenvalue weighted by molar-refractivity contribution is 0.294. The molecule has 0 spiro atoms. The lowest BCUT2D eigenvalue weighted by atomic mass is 9.93. The van der Waals surface area contributed by atoms with Crippen LogP contribution in [0.15, 0.2) is 28.7 Å². The van der Waals surface area contributed by atoms with Gasteiger partial charge in [0.2, 0.25) is 0 Å². The summed E-state index contributed by atoms with van der Waals surface area (Å²) in [6.07, 6.45) is 2.40. The van der Waals surface area contributed by atoms with Crippen LogP contribution in [0.25, 0.3) is 11.0 Å². The van der Waals surface area contributed by atoms with Gasteiger partial charge in [-0.25, -0.2) is 0 Å². The predicted octanol–water partition coefficient (Wildman–Crippen LogP) is 4.15. The van der Waals surface area contributed by atoms with E-state index >= 15 is 0 Å². The van der Waals surface area contributed by atoms with E-state index < -0.39 is 0 Å². The molecule has 2 unspecified atom stereocenters. The zero-order valence-electron chi connectivity index (χ0n) is 9.87. The molecule has 0 radical (unpaired) electrons. The molecule has 3 heteroatoms. The normalized spacial score (nSPS) is 25.3. The van der Waals surface area contributed by atoms with Gasteiger partial charge in [0, 0.05) is 10.4 Å². The minimum absolute atomic E-state index is 0.352. The topological polar surface area (TPSA) is 25.2 Å². The number of nitrogens with one attached hydrogen (secondary N) is 1. The SMILES string of the molecule is CC1CCNC(c2cc3cc(Cl)ccc3o2)C1. The summed E-state index contributed by atoms with van der Waals surface area (Å²) in [5.41, 5.74) is 0.921. The van der Waals surface area contributed by atoms with Crippen LogP contribution in [0.3, 0.4) is 0 Å². The van der Waals surface area contributed by atoms with E-state index in [9.17, 15) is 0 Å². The fraction of sp³-hybridized carbons (Fsp3) is 0.429. The Kier molecular flexibility index (Phi) is 2.85. The summed E-state index contributed by atoms with van der Waals surface area (Å²) in [5, 5.41) is 5.36. The predicted molar refractivity (Wildman–Crippen MR) is 70.4 cm³/mol. The first-order chi connectivity index (χ1) is 8.22. The van der Waals surface area contributed by atoms with Crippen molar-refractivity contribution in [1.29, 1.82) is 0 Å². The van der Waals surface area contributed by atoms with Crippen LogP contribution in [-0.2, 0) is 0 Å². The van der Waals surface area contributed by atoms with Crippen molar-refractivity contribution >= 4 is 22.6 Å². The third-order valence-corrected chi connectivity index (χ3v) is 3.74. The van der Waals surface area contributed by atoms with Crippen molar-refractivity contribution in [2.45, 2.75) is 25.8 Å². The van der Waals surface area contributed by atoms with Gasteiger partial charge in [-0.15, -0.1) is 0 Å². The van der Waals surface area contributed by atoms with Crippen molar-refractivity contribution in [3.05, 3.63) is 35.0 Å². The Morgan fingerprint density at radius 3 is 3.06 bits per heavy atom. The summed E-state index contributed by atoms with van der Waals surface area (Å²) in [4.78, 5) is 0. The quantitative estimate of drug-likeness (QED) is 0.822. The van der Waals surface area contributed by atoms with Crippen LogP contribution < -0.4 is 5.32 Å². The highest BCUT2D eigenvalue weighted by Gasteiger charge is 2.22. The van der Waals surface area contributed by atoms with Gasteiger partial charge in [0.05, 0.1) is 6.04 Å². The van der Waals surface area contributed by atoms with E-state index in [-0.39, 0.29) is 0 Å². The van der Waals surface area contributed by atoms with Crippen LogP contribution in [0, 0.1) is 5.92 Å². The Morgan fingerprint density at radius 1 is 1.35 bits per heavy atom. The first kappa shape index (κ1) is 11.1. The average molecular weight is 250 g/mol. The number of rotatable bonds is 1. The van der Waals surface area contributed by atoms with Gasteiger partial charge in [0.1, 0.15) is 11.3 Å². The molecule has 1 aliphatic heterocycles. The van der Waals surface area contributed by atoms with Crippen LogP contribution in [0.2, 0.25) is 5.02 Å². The van der Waals surface area contributed by atoms with E-state index in [1.165, 1.54) is 6.42 Å². The van der Waals surface area contributed by atoms with Gasteiger partial charge >= 0.3 is 0 Å². The highest BCUT2D eigenvalue weighted by molar-refractivity contribution is 6.31. The largest absolute Gasteiger partial charge is 0.459 e. The van der Waals surface area contributed by atoms with E-state index in [0.717, 1.165) is 40.6 Å². The second-order valence-electron chi connectivity index (χ2n) is 4.97. The molecule has 1 aliphatic rings. The van der Waals surface area contributed by atoms with Gasteiger partial charge < -0.3 is 9.73 Å². The molecule has 0 aliphatic carbocycles. The third-order valence-electron chi connectivity index (χ3n) is 3.51. The van der Waals surface area contributed by atoms with Gasteiger partial charge in [-0.05, 0) is 49.6 Å². The maximum Gasteiger partial charge on any atom is 0.134 e. The molecule has 2 nitrogen and oxygen atoms in total. The Bertz CT molecular complexity index is 534. The zero-order valence-corrected chi connectivity index (χ0v) is 10.6. The van der Waals surface area contributed by atoms with Crippen molar-refractivity contribution < 1.29 is 4.42 Å². The lowest BCUT2D eigenvalue weighted by Gasteiger charge is -2.26. The van der Waals surface area contributed by atoms with Gasteiger partial charge in [0.25, 0.3) is 0 Å². The van der Waals surface area contributed by atoms with Crippen molar-refractivity contribution in [2.24, 2.45) is 5.92 Å². The number of fused-ring (bicyclic) bond motifs is 1. The van der Waals surface area contributed by atoms with Crippen LogP contribution in [0.5, 0.6) is 0 Å². The van der Waals surface area contributed by atoms with Crippen molar-refractivity contribution in [1.82, 2.24) is 5.32 Å². The Balaban J connectivity index is 1.94. The van der Waals surface area contributed by atoms with Gasteiger partial charge in [-0.3, -0.25) is 0 Å². The summed E-state index contributed by atoms with van der Waals surface area (Å²) >= 11 is 5.98. The van der Waals surface area contributed by atoms with Crippen molar-refractivity contribution in [3.63, 3.8) is 0 Å². The monoisotopic (exact) mass is 249 g/mol. The van der Waals surface area contributed by atoms with Crippen molar-refractivity contribution in [3.8, 4) is 0 Å². The molecule has 1 aromatic heterocycles. The Labute approximate surface area is 106 Å². The third kappa shape index (κ3) is 2.20. The molecular formula is C14H16ClNO. The van der Waals surface area contributed by atoms with E-state index in [1.54, 1.807) is 0 Å². The molecule has 1 fully saturated rings. The van der Waals surface area contributed by atoms with Gasteiger partial charge in [0.15, 0.2) is 0 Å². The number of piperidine rings is 1. The number of hydrogen-bond donors (Lipinski definition) is 1. The molecule has 1 saturated heterocycles. The van der Waals surface area contributed by atoms with E-state index in [1.807, 2.05) is 18.2 Å². The van der Waals surface area contributed by atoms with Crippen LogP contribution in [0.1, 0.15) is 31.6 Å². The molecule has 0 saturated carbocycles. The highest BCUT2D eigenvalue weighted by Crippen LogP contribution is 2.31.